The molecular formula is C23H30F3N5O3. The smallest absolute Gasteiger partial charge is 0.416 e. The number of aromatic hydroxyl groups is 1. The lowest BCUT2D eigenvalue weighted by atomic mass is 9.99. The molecule has 1 aliphatic rings. The second-order valence-electron chi connectivity index (χ2n) is 8.33. The molecule has 0 amide bonds. The number of likely N-dealkylation sites (tertiary alicyclic amines) is 1. The van der Waals surface area contributed by atoms with E-state index < -0.39 is 17.5 Å². The quantitative estimate of drug-likeness (QED) is 0.492. The minimum absolute atomic E-state index is 0.0719. The zero-order chi connectivity index (χ0) is 24.9. The van der Waals surface area contributed by atoms with E-state index in [1.54, 1.807) is 13.0 Å². The Morgan fingerprint density at radius 1 is 1.32 bits per heavy atom. The second kappa shape index (κ2) is 11.0. The number of carbonyl (C=O) groups is 1. The van der Waals surface area contributed by atoms with Crippen LogP contribution in [0, 0.1) is 6.92 Å². The number of anilines is 1. The molecule has 1 saturated heterocycles. The molecular weight excluding hydrogens is 451 g/mol. The van der Waals surface area contributed by atoms with Crippen molar-refractivity contribution in [3.63, 3.8) is 0 Å². The number of aromatic nitrogens is 2. The number of phenolic OH excluding ortho intramolecular Hbond substituents is 1. The van der Waals surface area contributed by atoms with Gasteiger partial charge in [-0.05, 0) is 57.0 Å². The summed E-state index contributed by atoms with van der Waals surface area (Å²) >= 11 is 0. The third-order valence-electron chi connectivity index (χ3n) is 5.77. The first-order chi connectivity index (χ1) is 16.1. The molecule has 2 heterocycles. The maximum absolute atomic E-state index is 13.0. The van der Waals surface area contributed by atoms with Gasteiger partial charge in [-0.1, -0.05) is 0 Å². The number of alkyl halides is 3. The molecule has 0 saturated carbocycles. The van der Waals surface area contributed by atoms with Crippen LogP contribution in [-0.4, -0.2) is 58.5 Å². The van der Waals surface area contributed by atoms with Crippen molar-refractivity contribution in [1.82, 2.24) is 15.1 Å². The molecule has 11 heteroatoms. The highest BCUT2D eigenvalue weighted by molar-refractivity contribution is 5.72. The van der Waals surface area contributed by atoms with Crippen LogP contribution in [-0.2, 0) is 22.3 Å². The lowest BCUT2D eigenvalue weighted by Crippen LogP contribution is -2.43. The van der Waals surface area contributed by atoms with E-state index in [0.29, 0.717) is 43.6 Å². The molecule has 0 spiro atoms. The molecule has 0 aliphatic carbocycles. The summed E-state index contributed by atoms with van der Waals surface area (Å²) in [5.74, 6) is -0.242. The van der Waals surface area contributed by atoms with Crippen molar-refractivity contribution in [2.75, 3.05) is 31.6 Å². The molecule has 1 aromatic heterocycles. The van der Waals surface area contributed by atoms with Gasteiger partial charge < -0.3 is 25.8 Å². The van der Waals surface area contributed by atoms with Crippen molar-refractivity contribution in [2.24, 2.45) is 5.73 Å². The number of aryl methyl sites for hydroxylation is 1. The maximum atomic E-state index is 13.0. The molecule has 0 bridgehead atoms. The number of ether oxygens (including phenoxy) is 1. The summed E-state index contributed by atoms with van der Waals surface area (Å²) in [6, 6.07) is 3.36. The number of piperidine rings is 1. The van der Waals surface area contributed by atoms with Crippen molar-refractivity contribution < 1.29 is 27.8 Å². The first-order valence-corrected chi connectivity index (χ1v) is 11.2. The van der Waals surface area contributed by atoms with E-state index in [1.165, 1.54) is 6.92 Å². The predicted molar refractivity (Wildman–Crippen MR) is 121 cm³/mol. The number of benzene rings is 1. The molecule has 3 rings (SSSR count). The van der Waals surface area contributed by atoms with Crippen LogP contribution in [0.25, 0.3) is 11.3 Å². The number of rotatable bonds is 8. The fraction of sp³-hybridized carbons (Fsp3) is 0.522. The zero-order valence-corrected chi connectivity index (χ0v) is 19.3. The number of hydrogen-bond acceptors (Lipinski definition) is 8. The van der Waals surface area contributed by atoms with Crippen LogP contribution in [0.15, 0.2) is 18.2 Å². The lowest BCUT2D eigenvalue weighted by Gasteiger charge is -2.33. The molecule has 0 unspecified atom stereocenters. The Labute approximate surface area is 196 Å². The largest absolute Gasteiger partial charge is 0.507 e. The van der Waals surface area contributed by atoms with Crippen LogP contribution < -0.4 is 11.1 Å². The van der Waals surface area contributed by atoms with Gasteiger partial charge in [0.05, 0.1) is 24.3 Å². The molecule has 4 N–H and O–H groups in total. The van der Waals surface area contributed by atoms with E-state index in [9.17, 15) is 23.1 Å². The minimum Gasteiger partial charge on any atom is -0.507 e. The van der Waals surface area contributed by atoms with Crippen LogP contribution in [0.3, 0.4) is 0 Å². The first kappa shape index (κ1) is 25.7. The van der Waals surface area contributed by atoms with Gasteiger partial charge in [-0.3, -0.25) is 4.79 Å². The van der Waals surface area contributed by atoms with Crippen molar-refractivity contribution >= 4 is 11.8 Å². The fourth-order valence-corrected chi connectivity index (χ4v) is 4.15. The van der Waals surface area contributed by atoms with Crippen LogP contribution in [0.5, 0.6) is 5.75 Å². The Balaban J connectivity index is 1.74. The van der Waals surface area contributed by atoms with E-state index in [4.69, 9.17) is 10.5 Å². The first-order valence-electron chi connectivity index (χ1n) is 11.2. The minimum atomic E-state index is -4.56. The summed E-state index contributed by atoms with van der Waals surface area (Å²) in [7, 11) is 0. The van der Waals surface area contributed by atoms with Gasteiger partial charge in [0.25, 0.3) is 0 Å². The number of nitrogens with two attached hydrogens (primary N) is 1. The summed E-state index contributed by atoms with van der Waals surface area (Å²) < 4.78 is 44.1. The normalized spacial score (nSPS) is 16.9. The van der Waals surface area contributed by atoms with Gasteiger partial charge in [0.1, 0.15) is 5.75 Å². The molecule has 186 valence electrons. The topological polar surface area (TPSA) is 114 Å². The van der Waals surface area contributed by atoms with Crippen molar-refractivity contribution in [3.05, 3.63) is 34.9 Å². The summed E-state index contributed by atoms with van der Waals surface area (Å²) in [6.07, 6.45) is -2.38. The summed E-state index contributed by atoms with van der Waals surface area (Å²) in [6.45, 7) is 5.96. The van der Waals surface area contributed by atoms with Crippen LogP contribution >= 0.6 is 0 Å². The zero-order valence-electron chi connectivity index (χ0n) is 19.3. The van der Waals surface area contributed by atoms with E-state index in [0.717, 1.165) is 25.5 Å². The van der Waals surface area contributed by atoms with Gasteiger partial charge in [-0.2, -0.15) is 13.2 Å². The molecule has 1 aliphatic heterocycles. The highest BCUT2D eigenvalue weighted by atomic mass is 19.4. The van der Waals surface area contributed by atoms with Crippen LogP contribution in [0.1, 0.15) is 42.9 Å². The molecule has 1 atom stereocenters. The Kier molecular flexibility index (Phi) is 8.32. The number of phenols is 1. The van der Waals surface area contributed by atoms with E-state index in [-0.39, 0.29) is 35.4 Å². The van der Waals surface area contributed by atoms with Crippen molar-refractivity contribution in [1.29, 1.82) is 0 Å². The third-order valence-corrected chi connectivity index (χ3v) is 5.77. The summed E-state index contributed by atoms with van der Waals surface area (Å²) in [5.41, 5.74) is 6.28. The molecule has 2 aromatic rings. The Bertz CT molecular complexity index is 993. The van der Waals surface area contributed by atoms with Gasteiger partial charge in [0.15, 0.2) is 5.82 Å². The Hall–Kier alpha value is -2.92. The number of nitrogens with zero attached hydrogens (tertiary/aromatic N) is 3. The van der Waals surface area contributed by atoms with Crippen LogP contribution in [0.4, 0.5) is 19.0 Å². The average Bonchev–Trinajstić information content (AvgIpc) is 2.78. The fourth-order valence-electron chi connectivity index (χ4n) is 4.15. The maximum Gasteiger partial charge on any atom is 0.416 e. The summed E-state index contributed by atoms with van der Waals surface area (Å²) in [4.78, 5) is 13.8. The molecule has 0 radical (unpaired) electrons. The van der Waals surface area contributed by atoms with E-state index >= 15 is 0 Å². The third kappa shape index (κ3) is 6.35. The highest BCUT2D eigenvalue weighted by Crippen LogP contribution is 2.38. The van der Waals surface area contributed by atoms with E-state index in [1.807, 2.05) is 0 Å². The monoisotopic (exact) mass is 481 g/mol. The van der Waals surface area contributed by atoms with Gasteiger partial charge in [-0.25, -0.2) is 0 Å². The molecule has 1 fully saturated rings. The number of halogens is 3. The summed E-state index contributed by atoms with van der Waals surface area (Å²) in [5, 5.41) is 22.0. The molecule has 8 nitrogen and oxygen atoms in total. The van der Waals surface area contributed by atoms with Gasteiger partial charge in [0.2, 0.25) is 0 Å². The van der Waals surface area contributed by atoms with Crippen molar-refractivity contribution in [3.8, 4) is 17.0 Å². The Morgan fingerprint density at radius 3 is 2.74 bits per heavy atom. The number of hydrogen-bond donors (Lipinski definition) is 3. The Morgan fingerprint density at radius 2 is 2.09 bits per heavy atom. The lowest BCUT2D eigenvalue weighted by molar-refractivity contribution is -0.143. The standard InChI is InChI=1S/C23H30F3N5O3/c1-3-34-20(33)6-8-31-7-4-5-17(13-31)28-22-15(12-27)10-18(29-30-22)21-14(2)9-16(11-19(21)32)23(24,25)26/h9-11,17,32H,3-8,12-13,27H2,1-2H3,(H,28,30)/t17-/m1/s1. The SMILES string of the molecule is CCOC(=O)CCN1CCC[C@@H](Nc2nnc(-c3c(C)cc(C(F)(F)F)cc3O)cc2CN)C1. The number of carbonyl (C=O) groups excluding carboxylic acids is 1. The second-order valence-corrected chi connectivity index (χ2v) is 8.33. The van der Waals surface area contributed by atoms with Crippen LogP contribution in [0.2, 0.25) is 0 Å². The van der Waals surface area contributed by atoms with Gasteiger partial charge in [0, 0.05) is 36.8 Å². The predicted octanol–water partition coefficient (Wildman–Crippen LogP) is 3.46. The van der Waals surface area contributed by atoms with Crippen molar-refractivity contribution in [2.45, 2.75) is 51.9 Å². The number of esters is 1. The number of nitrogens with one attached hydrogen (secondary N) is 1. The van der Waals surface area contributed by atoms with E-state index in [2.05, 4.69) is 20.4 Å². The molecule has 34 heavy (non-hydrogen) atoms. The average molecular weight is 482 g/mol. The highest BCUT2D eigenvalue weighted by Gasteiger charge is 2.32. The van der Waals surface area contributed by atoms with Gasteiger partial charge in [-0.15, -0.1) is 10.2 Å². The van der Waals surface area contributed by atoms with Gasteiger partial charge >= 0.3 is 12.1 Å². The molecule has 1 aromatic carbocycles.